The smallest absolute Gasteiger partial charge is 0.145 e. The first kappa shape index (κ1) is 30.6. The average Bonchev–Trinajstić information content (AvgIpc) is 3.60. The van der Waals surface area contributed by atoms with Gasteiger partial charge in [-0.1, -0.05) is 153 Å². The molecule has 1 aromatic heterocycles. The lowest BCUT2D eigenvalue weighted by molar-refractivity contribution is 0.772. The van der Waals surface area contributed by atoms with E-state index in [4.69, 9.17) is 4.98 Å². The van der Waals surface area contributed by atoms with Crippen molar-refractivity contribution in [2.75, 3.05) is 0 Å². The van der Waals surface area contributed by atoms with Gasteiger partial charge in [0.25, 0.3) is 0 Å². The molecule has 0 amide bonds. The number of fused-ring (bicyclic) bond motifs is 4. The molecule has 2 unspecified atom stereocenters. The molecule has 0 saturated heterocycles. The summed E-state index contributed by atoms with van der Waals surface area (Å²) in [5.74, 6) is 1.75. The maximum absolute atomic E-state index is 5.07. The largest absolute Gasteiger partial charge is 0.292 e. The number of benzene rings is 7. The molecule has 8 aromatic rings. The molecule has 0 bridgehead atoms. The zero-order chi connectivity index (χ0) is 34.6. The predicted molar refractivity (Wildman–Crippen MR) is 219 cm³/mol. The zero-order valence-corrected chi connectivity index (χ0v) is 29.2. The lowest BCUT2D eigenvalue weighted by Gasteiger charge is -2.28. The number of hydrogen-bond acceptors (Lipinski definition) is 1. The zero-order valence-electron chi connectivity index (χ0n) is 29.2. The molecule has 2 aliphatic rings. The fraction of sp³-hybridized carbons (Fsp3) is 0.100. The second-order valence-corrected chi connectivity index (χ2v) is 14.3. The molecule has 2 heteroatoms. The van der Waals surface area contributed by atoms with Crippen molar-refractivity contribution in [1.29, 1.82) is 0 Å². The normalized spacial score (nSPS) is 16.2. The highest BCUT2D eigenvalue weighted by atomic mass is 15.1. The molecule has 0 fully saturated rings. The molecule has 0 aliphatic heterocycles. The van der Waals surface area contributed by atoms with Crippen LogP contribution >= 0.6 is 0 Å². The maximum Gasteiger partial charge on any atom is 0.145 e. The third-order valence-corrected chi connectivity index (χ3v) is 11.2. The maximum atomic E-state index is 5.07. The highest BCUT2D eigenvalue weighted by Gasteiger charge is 2.26. The molecular formula is C50H38N2. The first-order valence-electron chi connectivity index (χ1n) is 18.5. The van der Waals surface area contributed by atoms with E-state index in [0.717, 1.165) is 41.0 Å². The van der Waals surface area contributed by atoms with Gasteiger partial charge in [0.15, 0.2) is 0 Å². The van der Waals surface area contributed by atoms with E-state index >= 15 is 0 Å². The first-order valence-corrected chi connectivity index (χ1v) is 18.5. The molecule has 0 radical (unpaired) electrons. The van der Waals surface area contributed by atoms with Crippen LogP contribution < -0.4 is 0 Å². The highest BCUT2D eigenvalue weighted by Crippen LogP contribution is 2.47. The van der Waals surface area contributed by atoms with E-state index in [-0.39, 0.29) is 5.92 Å². The van der Waals surface area contributed by atoms with Crippen molar-refractivity contribution in [2.45, 2.75) is 31.6 Å². The van der Waals surface area contributed by atoms with Crippen LogP contribution in [0.2, 0.25) is 0 Å². The summed E-state index contributed by atoms with van der Waals surface area (Å²) in [5.41, 5.74) is 16.5. The van der Waals surface area contributed by atoms with Crippen LogP contribution in [-0.2, 0) is 6.42 Å². The summed E-state index contributed by atoms with van der Waals surface area (Å²) in [6.07, 6.45) is 11.5. The van der Waals surface area contributed by atoms with Gasteiger partial charge in [0.1, 0.15) is 5.82 Å². The first-order chi connectivity index (χ1) is 25.7. The van der Waals surface area contributed by atoms with Gasteiger partial charge in [-0.15, -0.1) is 0 Å². The Morgan fingerprint density at radius 3 is 2.10 bits per heavy atom. The molecule has 10 rings (SSSR count). The van der Waals surface area contributed by atoms with Gasteiger partial charge in [-0.25, -0.2) is 4.98 Å². The number of para-hydroxylation sites is 2. The quantitative estimate of drug-likeness (QED) is 0.179. The van der Waals surface area contributed by atoms with Crippen molar-refractivity contribution in [2.24, 2.45) is 0 Å². The molecule has 52 heavy (non-hydrogen) atoms. The minimum atomic E-state index is 0.249. The van der Waals surface area contributed by atoms with E-state index in [0.29, 0.717) is 5.92 Å². The Kier molecular flexibility index (Phi) is 7.35. The Morgan fingerprint density at radius 2 is 1.31 bits per heavy atom. The van der Waals surface area contributed by atoms with Crippen molar-refractivity contribution in [3.63, 3.8) is 0 Å². The van der Waals surface area contributed by atoms with Gasteiger partial charge in [0.2, 0.25) is 0 Å². The van der Waals surface area contributed by atoms with Crippen LogP contribution in [0.25, 0.3) is 73.3 Å². The summed E-state index contributed by atoms with van der Waals surface area (Å²) in [6, 6.07) is 55.3. The summed E-state index contributed by atoms with van der Waals surface area (Å²) in [6.45, 7) is 2.34. The Labute approximate surface area is 305 Å². The van der Waals surface area contributed by atoms with Gasteiger partial charge < -0.3 is 0 Å². The molecule has 2 nitrogen and oxygen atoms in total. The second kappa shape index (κ2) is 12.5. The molecule has 2 atom stereocenters. The summed E-state index contributed by atoms with van der Waals surface area (Å²) in [7, 11) is 0. The Balaban J connectivity index is 1.11. The van der Waals surface area contributed by atoms with E-state index in [1.807, 2.05) is 0 Å². The molecule has 7 aromatic carbocycles. The number of aromatic nitrogens is 2. The number of allylic oxidation sites excluding steroid dienone is 2. The van der Waals surface area contributed by atoms with Crippen molar-refractivity contribution in [3.05, 3.63) is 192 Å². The SMILES string of the molecule is CC1CC=Cc2cc(-c3c4c(c(-c5ccccc5)c5ccccc35)CC(c3ccc(-n5c(-c6ccccc6)nc6ccccc65)cc3)C=C4)ccc21. The van der Waals surface area contributed by atoms with E-state index in [2.05, 4.69) is 187 Å². The summed E-state index contributed by atoms with van der Waals surface area (Å²) < 4.78 is 2.29. The summed E-state index contributed by atoms with van der Waals surface area (Å²) in [5, 5.41) is 2.62. The Bertz CT molecular complexity index is 2680. The van der Waals surface area contributed by atoms with E-state index in [1.54, 1.807) is 0 Å². The molecular weight excluding hydrogens is 629 g/mol. The molecule has 2 aliphatic carbocycles. The minimum absolute atomic E-state index is 0.249. The van der Waals surface area contributed by atoms with Crippen LogP contribution in [0, 0.1) is 0 Å². The van der Waals surface area contributed by atoms with Gasteiger partial charge in [-0.3, -0.25) is 4.57 Å². The van der Waals surface area contributed by atoms with Crippen LogP contribution in [0.3, 0.4) is 0 Å². The molecule has 0 saturated carbocycles. The Morgan fingerprint density at radius 1 is 0.615 bits per heavy atom. The van der Waals surface area contributed by atoms with Gasteiger partial charge in [-0.2, -0.15) is 0 Å². The highest BCUT2D eigenvalue weighted by molar-refractivity contribution is 6.10. The minimum Gasteiger partial charge on any atom is -0.292 e. The van der Waals surface area contributed by atoms with Crippen molar-refractivity contribution in [1.82, 2.24) is 9.55 Å². The summed E-state index contributed by atoms with van der Waals surface area (Å²) >= 11 is 0. The second-order valence-electron chi connectivity index (χ2n) is 14.3. The van der Waals surface area contributed by atoms with Gasteiger partial charge in [0.05, 0.1) is 11.0 Å². The van der Waals surface area contributed by atoms with Gasteiger partial charge >= 0.3 is 0 Å². The molecule has 248 valence electrons. The fourth-order valence-electron chi connectivity index (χ4n) is 8.67. The molecule has 1 heterocycles. The molecule has 0 N–H and O–H groups in total. The number of rotatable bonds is 5. The average molecular weight is 667 g/mol. The third kappa shape index (κ3) is 5.06. The van der Waals surface area contributed by atoms with E-state index < -0.39 is 0 Å². The van der Waals surface area contributed by atoms with Gasteiger partial charge in [0, 0.05) is 17.2 Å². The lowest BCUT2D eigenvalue weighted by Crippen LogP contribution is -2.10. The van der Waals surface area contributed by atoms with E-state index in [1.165, 1.54) is 60.8 Å². The number of imidazole rings is 1. The van der Waals surface area contributed by atoms with Crippen LogP contribution in [0.5, 0.6) is 0 Å². The van der Waals surface area contributed by atoms with Crippen LogP contribution in [0.4, 0.5) is 0 Å². The lowest BCUT2D eigenvalue weighted by atomic mass is 9.76. The van der Waals surface area contributed by atoms with Gasteiger partial charge in [-0.05, 0) is 110 Å². The Hall–Kier alpha value is -6.25. The van der Waals surface area contributed by atoms with Crippen LogP contribution in [-0.4, -0.2) is 9.55 Å². The molecule has 0 spiro atoms. The predicted octanol–water partition coefficient (Wildman–Crippen LogP) is 13.1. The number of nitrogens with zero attached hydrogens (tertiary/aromatic N) is 2. The monoisotopic (exact) mass is 666 g/mol. The van der Waals surface area contributed by atoms with E-state index in [9.17, 15) is 0 Å². The van der Waals surface area contributed by atoms with Crippen LogP contribution in [0.15, 0.2) is 164 Å². The standard InChI is InChI=1S/C50H38N2/c1-33-13-12-18-38-31-39(26-29-41(33)38)49-43-20-9-8-19-42(43)48(35-14-4-2-5-15-35)45-32-37(25-30-44(45)49)34-23-27-40(28-24-34)52-47-22-11-10-21-46(47)51-50(52)36-16-6-3-7-17-36/h2-12,14-31,33,37H,13,32H2,1H3. The van der Waals surface area contributed by atoms with Crippen molar-refractivity contribution < 1.29 is 0 Å². The number of hydrogen-bond donors (Lipinski definition) is 0. The third-order valence-electron chi connectivity index (χ3n) is 11.2. The van der Waals surface area contributed by atoms with Crippen molar-refractivity contribution in [3.8, 4) is 39.3 Å². The van der Waals surface area contributed by atoms with Crippen LogP contribution in [0.1, 0.15) is 53.0 Å². The fourth-order valence-corrected chi connectivity index (χ4v) is 8.67. The van der Waals surface area contributed by atoms with Crippen molar-refractivity contribution >= 4 is 34.0 Å². The summed E-state index contributed by atoms with van der Waals surface area (Å²) in [4.78, 5) is 5.07. The topological polar surface area (TPSA) is 17.8 Å².